The molecular formula is C18H19F2N5O4S. The second-order valence-electron chi connectivity index (χ2n) is 6.78. The van der Waals surface area contributed by atoms with Crippen LogP contribution in [0.2, 0.25) is 0 Å². The number of ether oxygens (including phenoxy) is 1. The molecular weight excluding hydrogens is 420 g/mol. The number of amides is 1. The highest BCUT2D eigenvalue weighted by molar-refractivity contribution is 7.89. The molecule has 12 heteroatoms. The third kappa shape index (κ3) is 3.90. The number of sulfonamides is 1. The molecule has 9 nitrogen and oxygen atoms in total. The molecule has 2 heterocycles. The summed E-state index contributed by atoms with van der Waals surface area (Å²) in [7, 11) is -5.53. The first kappa shape index (κ1) is 17.6. The molecule has 0 spiro atoms. The molecule has 30 heavy (non-hydrogen) atoms. The molecule has 1 atom stereocenters. The number of carbonyl (C=O) groups is 1. The van der Waals surface area contributed by atoms with Gasteiger partial charge in [-0.1, -0.05) is 0 Å². The van der Waals surface area contributed by atoms with Crippen LogP contribution in [0.5, 0.6) is 5.75 Å². The predicted molar refractivity (Wildman–Crippen MR) is 105 cm³/mol. The maximum Gasteiger partial charge on any atom is 0.274 e. The van der Waals surface area contributed by atoms with Gasteiger partial charge in [0.25, 0.3) is 5.91 Å². The number of benzene rings is 1. The van der Waals surface area contributed by atoms with Gasteiger partial charge in [-0.3, -0.25) is 10.2 Å². The number of methoxy groups -OCH3 is 1. The van der Waals surface area contributed by atoms with Crippen molar-refractivity contribution in [3.8, 4) is 5.75 Å². The maximum absolute atomic E-state index is 14.6. The summed E-state index contributed by atoms with van der Waals surface area (Å²) in [5, 5.41) is 12.7. The van der Waals surface area contributed by atoms with Crippen LogP contribution in [0.3, 0.4) is 0 Å². The first-order valence-corrected chi connectivity index (χ1v) is 10.0. The Morgan fingerprint density at radius 2 is 2.17 bits per heavy atom. The standard InChI is InChI=1S/C18H19F2N5O4S/c1-18(9-30(27,28)25(2)17(21)24-18)12-6-10(7-13(19)15(12)20)23-16(26)14-5-4-11(29-3)8-22-14/h4-8H,9H2,1-3H3,(H2,21,24)(H,23,26)/t18-/m0/s1/i3D3. The first-order valence-electron chi connectivity index (χ1n) is 9.91. The lowest BCUT2D eigenvalue weighted by Gasteiger charge is -2.40. The Morgan fingerprint density at radius 1 is 1.43 bits per heavy atom. The van der Waals surface area contributed by atoms with Gasteiger partial charge in [0.2, 0.25) is 16.0 Å². The fourth-order valence-corrected chi connectivity index (χ4v) is 4.43. The summed E-state index contributed by atoms with van der Waals surface area (Å²) in [5.41, 5.74) is -2.47. The molecule has 1 aliphatic rings. The number of nitrogens with one attached hydrogen (secondary N) is 3. The molecule has 0 saturated carbocycles. The Hall–Kier alpha value is -3.28. The summed E-state index contributed by atoms with van der Waals surface area (Å²) < 4.78 is 80.1. The molecule has 0 aliphatic carbocycles. The Balaban J connectivity index is 1.89. The van der Waals surface area contributed by atoms with Crippen molar-refractivity contribution in [2.75, 3.05) is 25.2 Å². The largest absolute Gasteiger partial charge is 0.495 e. The average molecular weight is 442 g/mol. The van der Waals surface area contributed by atoms with Crippen LogP contribution >= 0.6 is 0 Å². The van der Waals surface area contributed by atoms with E-state index in [0.717, 1.165) is 19.3 Å². The minimum absolute atomic E-state index is 0.105. The van der Waals surface area contributed by atoms with Crippen molar-refractivity contribution in [3.05, 3.63) is 53.4 Å². The van der Waals surface area contributed by atoms with Gasteiger partial charge in [-0.25, -0.2) is 26.5 Å². The first-order chi connectivity index (χ1) is 15.1. The SMILES string of the molecule is [2H]C([2H])([2H])Oc1ccc(C(=O)Nc2cc(F)c(F)c([C@]3(C)CS(=O)(=O)N(C)C(=N)N3)c2)nc1. The normalized spacial score (nSPS) is 22.3. The van der Waals surface area contributed by atoms with E-state index in [4.69, 9.17) is 9.52 Å². The topological polar surface area (TPSA) is 124 Å². The second-order valence-corrected chi connectivity index (χ2v) is 8.78. The molecule has 3 rings (SSSR count). The Morgan fingerprint density at radius 3 is 2.77 bits per heavy atom. The van der Waals surface area contributed by atoms with Gasteiger partial charge in [0.1, 0.15) is 11.4 Å². The number of pyridine rings is 1. The molecule has 0 unspecified atom stereocenters. The predicted octanol–water partition coefficient (Wildman–Crippen LogP) is 1.64. The average Bonchev–Trinajstić information content (AvgIpc) is 2.67. The number of aromatic nitrogens is 1. The zero-order valence-corrected chi connectivity index (χ0v) is 16.6. The van der Waals surface area contributed by atoms with E-state index >= 15 is 0 Å². The Kier molecular flexibility index (Phi) is 4.40. The van der Waals surface area contributed by atoms with Gasteiger partial charge in [-0.2, -0.15) is 0 Å². The van der Waals surface area contributed by atoms with E-state index in [0.29, 0.717) is 10.4 Å². The van der Waals surface area contributed by atoms with Crippen molar-refractivity contribution in [2.24, 2.45) is 0 Å². The van der Waals surface area contributed by atoms with Crippen LogP contribution in [0.25, 0.3) is 0 Å². The van der Waals surface area contributed by atoms with Crippen LogP contribution in [0, 0.1) is 17.0 Å². The van der Waals surface area contributed by atoms with E-state index in [9.17, 15) is 22.0 Å². The van der Waals surface area contributed by atoms with Crippen LogP contribution in [-0.4, -0.2) is 49.4 Å². The van der Waals surface area contributed by atoms with E-state index in [1.54, 1.807) is 0 Å². The molecule has 1 aromatic carbocycles. The highest BCUT2D eigenvalue weighted by Crippen LogP contribution is 2.32. The smallest absolute Gasteiger partial charge is 0.274 e. The van der Waals surface area contributed by atoms with Crippen molar-refractivity contribution in [3.63, 3.8) is 0 Å². The highest BCUT2D eigenvalue weighted by atomic mass is 32.2. The Bertz CT molecular complexity index is 1220. The molecule has 1 aliphatic heterocycles. The van der Waals surface area contributed by atoms with Crippen LogP contribution in [0.15, 0.2) is 30.5 Å². The van der Waals surface area contributed by atoms with E-state index in [1.807, 2.05) is 0 Å². The summed E-state index contributed by atoms with van der Waals surface area (Å²) in [4.78, 5) is 16.3. The van der Waals surface area contributed by atoms with Crippen molar-refractivity contribution in [1.82, 2.24) is 14.6 Å². The molecule has 0 bridgehead atoms. The number of carbonyl (C=O) groups excluding carboxylic acids is 1. The van der Waals surface area contributed by atoms with E-state index < -0.39 is 57.4 Å². The summed E-state index contributed by atoms with van der Waals surface area (Å²) in [6.07, 6.45) is 1.01. The summed E-state index contributed by atoms with van der Waals surface area (Å²) in [6, 6.07) is 4.14. The number of rotatable bonds is 4. The number of hydrogen-bond donors (Lipinski definition) is 3. The molecule has 1 aromatic heterocycles. The van der Waals surface area contributed by atoms with Gasteiger partial charge in [-0.15, -0.1) is 0 Å². The molecule has 2 aromatic rings. The maximum atomic E-state index is 14.6. The zero-order valence-electron chi connectivity index (χ0n) is 18.8. The molecule has 1 amide bonds. The van der Waals surface area contributed by atoms with E-state index in [1.165, 1.54) is 19.1 Å². The van der Waals surface area contributed by atoms with Gasteiger partial charge in [0.05, 0.1) is 28.6 Å². The van der Waals surface area contributed by atoms with Crippen LogP contribution in [0.4, 0.5) is 14.5 Å². The van der Waals surface area contributed by atoms with E-state index in [2.05, 4.69) is 20.4 Å². The van der Waals surface area contributed by atoms with Gasteiger partial charge in [0, 0.05) is 24.4 Å². The number of anilines is 1. The third-order valence-electron chi connectivity index (χ3n) is 4.56. The fraction of sp³-hybridized carbons (Fsp3) is 0.278. The summed E-state index contributed by atoms with van der Waals surface area (Å²) in [5.74, 6) is -4.80. The number of hydrogen-bond acceptors (Lipinski definition) is 6. The van der Waals surface area contributed by atoms with Crippen LogP contribution in [0.1, 0.15) is 27.1 Å². The number of guanidine groups is 1. The van der Waals surface area contributed by atoms with Crippen molar-refractivity contribution in [1.29, 1.82) is 5.41 Å². The second kappa shape index (κ2) is 7.52. The molecule has 1 fully saturated rings. The molecule has 160 valence electrons. The van der Waals surface area contributed by atoms with Crippen molar-refractivity contribution >= 4 is 27.6 Å². The van der Waals surface area contributed by atoms with Crippen molar-refractivity contribution in [2.45, 2.75) is 12.5 Å². The van der Waals surface area contributed by atoms with Gasteiger partial charge in [0.15, 0.2) is 11.6 Å². The summed E-state index contributed by atoms with van der Waals surface area (Å²) in [6.45, 7) is 1.29. The Labute approximate surface area is 175 Å². The minimum Gasteiger partial charge on any atom is -0.495 e. The highest BCUT2D eigenvalue weighted by Gasteiger charge is 2.44. The van der Waals surface area contributed by atoms with Gasteiger partial charge in [-0.05, 0) is 25.1 Å². The lowest BCUT2D eigenvalue weighted by Crippen LogP contribution is -2.61. The quantitative estimate of drug-likeness (QED) is 0.661. The monoisotopic (exact) mass is 442 g/mol. The van der Waals surface area contributed by atoms with Gasteiger partial charge < -0.3 is 15.4 Å². The van der Waals surface area contributed by atoms with Gasteiger partial charge >= 0.3 is 0 Å². The molecule has 0 radical (unpaired) electrons. The fourth-order valence-electron chi connectivity index (χ4n) is 2.95. The van der Waals surface area contributed by atoms with Crippen LogP contribution < -0.4 is 15.4 Å². The molecule has 3 N–H and O–H groups in total. The lowest BCUT2D eigenvalue weighted by atomic mass is 9.92. The molecule has 1 saturated heterocycles. The lowest BCUT2D eigenvalue weighted by molar-refractivity contribution is 0.102. The third-order valence-corrected chi connectivity index (χ3v) is 6.52. The number of nitrogens with zero attached hydrogens (tertiary/aromatic N) is 2. The summed E-state index contributed by atoms with van der Waals surface area (Å²) >= 11 is 0. The minimum atomic E-state index is -3.98. The van der Waals surface area contributed by atoms with Crippen molar-refractivity contribution < 1.29 is 30.8 Å². The van der Waals surface area contributed by atoms with E-state index in [-0.39, 0.29) is 17.1 Å². The zero-order chi connectivity index (χ0) is 24.8. The number of halogens is 2. The van der Waals surface area contributed by atoms with Crippen LogP contribution in [-0.2, 0) is 15.6 Å².